The summed E-state index contributed by atoms with van der Waals surface area (Å²) in [5, 5.41) is 12.4. The second-order valence-electron chi connectivity index (χ2n) is 6.07. The van der Waals surface area contributed by atoms with Gasteiger partial charge in [-0.25, -0.2) is 0 Å². The number of hydrogen-bond acceptors (Lipinski definition) is 2. The Kier molecular flexibility index (Phi) is 7.79. The lowest BCUT2D eigenvalue weighted by molar-refractivity contribution is -0.871. The van der Waals surface area contributed by atoms with Crippen LogP contribution in [0.25, 0.3) is 0 Å². The van der Waals surface area contributed by atoms with Crippen molar-refractivity contribution in [2.75, 3.05) is 27.7 Å². The molecule has 20 heavy (non-hydrogen) atoms. The van der Waals surface area contributed by atoms with E-state index in [1.807, 2.05) is 18.2 Å². The van der Waals surface area contributed by atoms with Crippen molar-refractivity contribution in [3.63, 3.8) is 0 Å². The number of aliphatic carboxylic acids is 1. The fourth-order valence-corrected chi connectivity index (χ4v) is 2.24. The SMILES string of the molecule is C[C@@H](N[C@H](CC(=O)O)C[N+](C)(C)C)c1ccccc1.[Cl-]. The Morgan fingerprint density at radius 3 is 2.25 bits per heavy atom. The number of hydrogen-bond donors (Lipinski definition) is 2. The maximum atomic E-state index is 11.0. The Hall–Kier alpha value is -1.10. The zero-order valence-corrected chi connectivity index (χ0v) is 13.4. The first-order chi connectivity index (χ1) is 8.78. The number of rotatable bonds is 7. The molecular formula is C15H25ClN2O2. The monoisotopic (exact) mass is 300 g/mol. The van der Waals surface area contributed by atoms with Gasteiger partial charge in [0.15, 0.2) is 0 Å². The highest BCUT2D eigenvalue weighted by atomic mass is 35.5. The number of quaternary nitrogens is 1. The van der Waals surface area contributed by atoms with Gasteiger partial charge in [-0.2, -0.15) is 0 Å². The third-order valence-electron chi connectivity index (χ3n) is 2.97. The van der Waals surface area contributed by atoms with Gasteiger partial charge in [-0.1, -0.05) is 30.3 Å². The van der Waals surface area contributed by atoms with Crippen molar-refractivity contribution in [1.29, 1.82) is 0 Å². The molecule has 1 aromatic carbocycles. The minimum Gasteiger partial charge on any atom is -1.00 e. The van der Waals surface area contributed by atoms with Gasteiger partial charge in [0.2, 0.25) is 0 Å². The molecule has 1 aromatic rings. The van der Waals surface area contributed by atoms with E-state index in [1.54, 1.807) is 0 Å². The molecule has 2 atom stereocenters. The Labute approximate surface area is 127 Å². The van der Waals surface area contributed by atoms with Crippen LogP contribution in [0.15, 0.2) is 30.3 Å². The van der Waals surface area contributed by atoms with E-state index in [-0.39, 0.29) is 30.9 Å². The second-order valence-corrected chi connectivity index (χ2v) is 6.07. The van der Waals surface area contributed by atoms with Crippen molar-refractivity contribution in [3.8, 4) is 0 Å². The summed E-state index contributed by atoms with van der Waals surface area (Å²) in [6, 6.07) is 10.2. The fourth-order valence-electron chi connectivity index (χ4n) is 2.24. The molecule has 0 bridgehead atoms. The van der Waals surface area contributed by atoms with Gasteiger partial charge >= 0.3 is 5.97 Å². The molecule has 5 heteroatoms. The van der Waals surface area contributed by atoms with Crippen LogP contribution in [0.2, 0.25) is 0 Å². The standard InChI is InChI=1S/C15H24N2O2.ClH/c1-12(13-8-6-5-7-9-13)16-14(10-15(18)19)11-17(2,3)4;/h5-9,12,14,16H,10-11H2,1-4H3;1H/t12-,14-;/m1./s1. The van der Waals surface area contributed by atoms with Gasteiger partial charge in [-0.15, -0.1) is 0 Å². The number of nitrogens with zero attached hydrogens (tertiary/aromatic N) is 1. The van der Waals surface area contributed by atoms with Crippen molar-refractivity contribution in [1.82, 2.24) is 5.32 Å². The maximum Gasteiger partial charge on any atom is 0.305 e. The number of nitrogens with one attached hydrogen (secondary N) is 1. The van der Waals surface area contributed by atoms with Gasteiger partial charge in [0, 0.05) is 6.04 Å². The molecule has 2 N–H and O–H groups in total. The van der Waals surface area contributed by atoms with Gasteiger partial charge in [-0.3, -0.25) is 4.79 Å². The minimum absolute atomic E-state index is 0. The molecule has 0 heterocycles. The van der Waals surface area contributed by atoms with Crippen LogP contribution in [0.1, 0.15) is 24.9 Å². The highest BCUT2D eigenvalue weighted by molar-refractivity contribution is 5.67. The largest absolute Gasteiger partial charge is 1.00 e. The van der Waals surface area contributed by atoms with Gasteiger partial charge in [0.1, 0.15) is 0 Å². The summed E-state index contributed by atoms with van der Waals surface area (Å²) < 4.78 is 0.743. The summed E-state index contributed by atoms with van der Waals surface area (Å²) in [5.41, 5.74) is 1.18. The molecule has 0 saturated heterocycles. The van der Waals surface area contributed by atoms with E-state index in [9.17, 15) is 4.79 Å². The van der Waals surface area contributed by atoms with E-state index in [1.165, 1.54) is 5.56 Å². The first kappa shape index (κ1) is 18.9. The third kappa shape index (κ3) is 7.48. The van der Waals surface area contributed by atoms with E-state index < -0.39 is 5.97 Å². The molecular weight excluding hydrogens is 276 g/mol. The first-order valence-electron chi connectivity index (χ1n) is 6.61. The molecule has 0 amide bonds. The van der Waals surface area contributed by atoms with E-state index in [4.69, 9.17) is 5.11 Å². The molecule has 0 aliphatic carbocycles. The van der Waals surface area contributed by atoms with Crippen LogP contribution in [-0.4, -0.2) is 49.3 Å². The van der Waals surface area contributed by atoms with E-state index >= 15 is 0 Å². The molecule has 0 aromatic heterocycles. The lowest BCUT2D eigenvalue weighted by atomic mass is 10.1. The Morgan fingerprint density at radius 1 is 1.25 bits per heavy atom. The number of carboxylic acids is 1. The first-order valence-corrected chi connectivity index (χ1v) is 6.61. The van der Waals surface area contributed by atoms with Crippen molar-refractivity contribution >= 4 is 5.97 Å². The predicted molar refractivity (Wildman–Crippen MR) is 76.9 cm³/mol. The summed E-state index contributed by atoms with van der Waals surface area (Å²) in [6.45, 7) is 2.85. The van der Waals surface area contributed by atoms with Crippen LogP contribution in [0.3, 0.4) is 0 Å². The van der Waals surface area contributed by atoms with Gasteiger partial charge in [-0.05, 0) is 12.5 Å². The van der Waals surface area contributed by atoms with Crippen LogP contribution in [0, 0.1) is 0 Å². The van der Waals surface area contributed by atoms with Gasteiger partial charge in [0.05, 0.1) is 40.2 Å². The summed E-state index contributed by atoms with van der Waals surface area (Å²) in [5.74, 6) is -0.758. The maximum absolute atomic E-state index is 11.0. The smallest absolute Gasteiger partial charge is 0.305 e. The van der Waals surface area contributed by atoms with Crippen molar-refractivity contribution in [3.05, 3.63) is 35.9 Å². The number of benzene rings is 1. The highest BCUT2D eigenvalue weighted by Crippen LogP contribution is 2.13. The summed E-state index contributed by atoms with van der Waals surface area (Å²) in [6.07, 6.45) is 0.146. The zero-order valence-electron chi connectivity index (χ0n) is 12.6. The topological polar surface area (TPSA) is 49.3 Å². The van der Waals surface area contributed by atoms with E-state index in [2.05, 4.69) is 45.5 Å². The Balaban J connectivity index is 0.00000361. The molecule has 0 unspecified atom stereocenters. The van der Waals surface area contributed by atoms with Gasteiger partial charge in [0.25, 0.3) is 0 Å². The average Bonchev–Trinajstić information content (AvgIpc) is 2.26. The number of carbonyl (C=O) groups is 1. The Morgan fingerprint density at radius 2 is 1.80 bits per heavy atom. The third-order valence-corrected chi connectivity index (χ3v) is 2.97. The number of carboxylic acid groups (broad SMARTS) is 1. The predicted octanol–water partition coefficient (Wildman–Crippen LogP) is -1.11. The molecule has 0 aliphatic rings. The van der Waals surface area contributed by atoms with Crippen molar-refractivity contribution < 1.29 is 26.8 Å². The fraction of sp³-hybridized carbons (Fsp3) is 0.533. The van der Waals surface area contributed by atoms with Crippen molar-refractivity contribution in [2.45, 2.75) is 25.4 Å². The van der Waals surface area contributed by atoms with Gasteiger partial charge < -0.3 is 27.3 Å². The van der Waals surface area contributed by atoms with Crippen LogP contribution < -0.4 is 17.7 Å². The molecule has 4 nitrogen and oxygen atoms in total. The molecule has 0 aliphatic heterocycles. The molecule has 0 fully saturated rings. The molecule has 0 saturated carbocycles. The van der Waals surface area contributed by atoms with E-state index in [0.717, 1.165) is 11.0 Å². The molecule has 0 radical (unpaired) electrons. The normalized spacial score (nSPS) is 14.2. The molecule has 0 spiro atoms. The average molecular weight is 301 g/mol. The van der Waals surface area contributed by atoms with Crippen LogP contribution in [0.5, 0.6) is 0 Å². The minimum atomic E-state index is -0.758. The van der Waals surface area contributed by atoms with Crippen LogP contribution >= 0.6 is 0 Å². The molecule has 1 rings (SSSR count). The molecule has 114 valence electrons. The van der Waals surface area contributed by atoms with E-state index in [0.29, 0.717) is 0 Å². The Bertz CT molecular complexity index is 404. The number of likely N-dealkylation sites (N-methyl/N-ethyl adjacent to an activating group) is 1. The highest BCUT2D eigenvalue weighted by Gasteiger charge is 2.22. The van der Waals surface area contributed by atoms with Crippen LogP contribution in [-0.2, 0) is 4.79 Å². The summed E-state index contributed by atoms with van der Waals surface area (Å²) >= 11 is 0. The zero-order chi connectivity index (χ0) is 14.5. The lowest BCUT2D eigenvalue weighted by Gasteiger charge is -2.31. The summed E-state index contributed by atoms with van der Waals surface area (Å²) in [4.78, 5) is 11.0. The van der Waals surface area contributed by atoms with Crippen LogP contribution in [0.4, 0.5) is 0 Å². The summed E-state index contributed by atoms with van der Waals surface area (Å²) in [7, 11) is 6.22. The quantitative estimate of drug-likeness (QED) is 0.628. The number of halogens is 1. The lowest BCUT2D eigenvalue weighted by Crippen LogP contribution is -3.00. The van der Waals surface area contributed by atoms with Crippen molar-refractivity contribution in [2.24, 2.45) is 0 Å². The second kappa shape index (κ2) is 8.25.